The van der Waals surface area contributed by atoms with E-state index in [0.717, 1.165) is 25.7 Å². The molecule has 5 heteroatoms. The monoisotopic (exact) mass is 216 g/mol. The minimum Gasteiger partial charge on any atom is -0.215 e. The molecule has 1 rings (SSSR count). The van der Waals surface area contributed by atoms with Crippen LogP contribution in [0, 0.1) is 11.3 Å². The number of nitriles is 1. The summed E-state index contributed by atoms with van der Waals surface area (Å²) < 4.78 is 25.8. The topological polar surface area (TPSA) is 70.0 Å². The lowest BCUT2D eigenvalue weighted by atomic mass is 10.3. The molecule has 0 spiro atoms. The second kappa shape index (κ2) is 5.32. The predicted molar refractivity (Wildman–Crippen MR) is 54.0 cm³/mol. The third-order valence-corrected chi connectivity index (χ3v) is 4.47. The molecule has 1 saturated carbocycles. The summed E-state index contributed by atoms with van der Waals surface area (Å²) in [6.07, 6.45) is 4.62. The lowest BCUT2D eigenvalue weighted by molar-refractivity contribution is 0.563. The molecule has 0 atom stereocenters. The standard InChI is InChI=1S/C9H16N2O2S/c10-7-3-4-8-11-14(12,13)9-5-1-2-6-9/h9,11H,1-6,8H2. The summed E-state index contributed by atoms with van der Waals surface area (Å²) >= 11 is 0. The summed E-state index contributed by atoms with van der Waals surface area (Å²) in [6.45, 7) is 0.395. The Kier molecular flexibility index (Phi) is 4.36. The Hall–Kier alpha value is -0.600. The Morgan fingerprint density at radius 1 is 1.36 bits per heavy atom. The molecule has 0 radical (unpaired) electrons. The zero-order valence-electron chi connectivity index (χ0n) is 8.20. The molecule has 0 bridgehead atoms. The fraction of sp³-hybridized carbons (Fsp3) is 0.889. The first-order valence-corrected chi connectivity index (χ1v) is 6.57. The van der Waals surface area contributed by atoms with Gasteiger partial charge >= 0.3 is 0 Å². The van der Waals surface area contributed by atoms with Crippen molar-refractivity contribution in [1.82, 2.24) is 4.72 Å². The first-order chi connectivity index (χ1) is 6.67. The molecule has 0 aromatic heterocycles. The molecule has 0 aromatic rings. The van der Waals surface area contributed by atoms with Crippen LogP contribution >= 0.6 is 0 Å². The zero-order chi connectivity index (χ0) is 10.4. The number of sulfonamides is 1. The Labute approximate surface area is 85.4 Å². The van der Waals surface area contributed by atoms with Crippen LogP contribution in [0.25, 0.3) is 0 Å². The Bertz CT molecular complexity index is 299. The molecule has 1 N–H and O–H groups in total. The summed E-state index contributed by atoms with van der Waals surface area (Å²) in [7, 11) is -3.10. The summed E-state index contributed by atoms with van der Waals surface area (Å²) in [5.74, 6) is 0. The second-order valence-electron chi connectivity index (χ2n) is 3.61. The maximum absolute atomic E-state index is 11.6. The van der Waals surface area contributed by atoms with E-state index in [1.165, 1.54) is 0 Å². The fourth-order valence-corrected chi connectivity index (χ4v) is 3.32. The van der Waals surface area contributed by atoms with Crippen LogP contribution in [0.15, 0.2) is 0 Å². The van der Waals surface area contributed by atoms with Gasteiger partial charge in [-0.15, -0.1) is 0 Å². The lowest BCUT2D eigenvalue weighted by Gasteiger charge is -2.11. The quantitative estimate of drug-likeness (QED) is 0.701. The van der Waals surface area contributed by atoms with Crippen LogP contribution in [0.2, 0.25) is 0 Å². The van der Waals surface area contributed by atoms with Crippen molar-refractivity contribution >= 4 is 10.0 Å². The summed E-state index contributed by atoms with van der Waals surface area (Å²) in [4.78, 5) is 0. The molecule has 0 unspecified atom stereocenters. The number of unbranched alkanes of at least 4 members (excludes halogenated alkanes) is 1. The highest BCUT2D eigenvalue weighted by Gasteiger charge is 2.27. The van der Waals surface area contributed by atoms with Crippen molar-refractivity contribution in [2.75, 3.05) is 6.54 Å². The largest absolute Gasteiger partial charge is 0.215 e. The molecule has 0 heterocycles. The van der Waals surface area contributed by atoms with E-state index in [-0.39, 0.29) is 5.25 Å². The molecule has 0 amide bonds. The minimum atomic E-state index is -3.10. The SMILES string of the molecule is N#CCCCNS(=O)(=O)C1CCCC1. The zero-order valence-corrected chi connectivity index (χ0v) is 9.02. The van der Waals surface area contributed by atoms with Gasteiger partial charge in [0.15, 0.2) is 0 Å². The molecule has 1 fully saturated rings. The normalized spacial score (nSPS) is 18.2. The highest BCUT2D eigenvalue weighted by molar-refractivity contribution is 7.90. The first-order valence-electron chi connectivity index (χ1n) is 5.02. The van der Waals surface area contributed by atoms with E-state index in [9.17, 15) is 8.42 Å². The van der Waals surface area contributed by atoms with Crippen LogP contribution in [0.3, 0.4) is 0 Å². The van der Waals surface area contributed by atoms with Crippen LogP contribution in [-0.2, 0) is 10.0 Å². The van der Waals surface area contributed by atoms with E-state index in [1.807, 2.05) is 6.07 Å². The van der Waals surface area contributed by atoms with Gasteiger partial charge in [0.1, 0.15) is 0 Å². The first kappa shape index (κ1) is 11.5. The molecule has 80 valence electrons. The third kappa shape index (κ3) is 3.28. The Morgan fingerprint density at radius 3 is 2.57 bits per heavy atom. The van der Waals surface area contributed by atoms with Gasteiger partial charge in [0, 0.05) is 13.0 Å². The molecule has 0 aliphatic heterocycles. The molecule has 0 aromatic carbocycles. The van der Waals surface area contributed by atoms with E-state index in [2.05, 4.69) is 4.72 Å². The number of nitrogens with one attached hydrogen (secondary N) is 1. The fourth-order valence-electron chi connectivity index (χ4n) is 1.70. The second-order valence-corrected chi connectivity index (χ2v) is 5.65. The molecule has 4 nitrogen and oxygen atoms in total. The highest BCUT2D eigenvalue weighted by Crippen LogP contribution is 2.23. The average molecular weight is 216 g/mol. The van der Waals surface area contributed by atoms with Crippen LogP contribution in [0.4, 0.5) is 0 Å². The van der Waals surface area contributed by atoms with Crippen molar-refractivity contribution in [3.8, 4) is 6.07 Å². The number of rotatable bonds is 5. The van der Waals surface area contributed by atoms with Crippen molar-refractivity contribution in [3.05, 3.63) is 0 Å². The van der Waals surface area contributed by atoms with Gasteiger partial charge in [-0.3, -0.25) is 0 Å². The lowest BCUT2D eigenvalue weighted by Crippen LogP contribution is -2.33. The minimum absolute atomic E-state index is 0.190. The molecular formula is C9H16N2O2S. The van der Waals surface area contributed by atoms with Gasteiger partial charge in [0.2, 0.25) is 10.0 Å². The van der Waals surface area contributed by atoms with E-state index < -0.39 is 10.0 Å². The van der Waals surface area contributed by atoms with Gasteiger partial charge in [-0.1, -0.05) is 12.8 Å². The Morgan fingerprint density at radius 2 is 2.00 bits per heavy atom. The molecule has 14 heavy (non-hydrogen) atoms. The summed E-state index contributed by atoms with van der Waals surface area (Å²) in [5, 5.41) is 8.09. The van der Waals surface area contributed by atoms with Crippen LogP contribution in [-0.4, -0.2) is 20.2 Å². The highest BCUT2D eigenvalue weighted by atomic mass is 32.2. The number of hydrogen-bond donors (Lipinski definition) is 1. The van der Waals surface area contributed by atoms with Crippen molar-refractivity contribution < 1.29 is 8.42 Å². The van der Waals surface area contributed by atoms with Gasteiger partial charge in [0.25, 0.3) is 0 Å². The van der Waals surface area contributed by atoms with Crippen LogP contribution in [0.1, 0.15) is 38.5 Å². The van der Waals surface area contributed by atoms with Crippen molar-refractivity contribution in [2.45, 2.75) is 43.8 Å². The summed E-state index contributed by atoms with van der Waals surface area (Å²) in [5.41, 5.74) is 0. The van der Waals surface area contributed by atoms with Gasteiger partial charge in [-0.2, -0.15) is 5.26 Å². The molecule has 1 aliphatic rings. The maximum atomic E-state index is 11.6. The Balaban J connectivity index is 2.31. The number of hydrogen-bond acceptors (Lipinski definition) is 3. The third-order valence-electron chi connectivity index (χ3n) is 2.51. The van der Waals surface area contributed by atoms with E-state index in [1.54, 1.807) is 0 Å². The van der Waals surface area contributed by atoms with Gasteiger partial charge in [-0.25, -0.2) is 13.1 Å². The number of nitrogens with zero attached hydrogens (tertiary/aromatic N) is 1. The maximum Gasteiger partial charge on any atom is 0.214 e. The van der Waals surface area contributed by atoms with Crippen LogP contribution < -0.4 is 4.72 Å². The molecule has 1 aliphatic carbocycles. The van der Waals surface area contributed by atoms with Crippen LogP contribution in [0.5, 0.6) is 0 Å². The van der Waals surface area contributed by atoms with Crippen molar-refractivity contribution in [1.29, 1.82) is 5.26 Å². The van der Waals surface area contributed by atoms with Gasteiger partial charge < -0.3 is 0 Å². The predicted octanol–water partition coefficient (Wildman–Crippen LogP) is 1.15. The molecule has 0 saturated heterocycles. The smallest absolute Gasteiger partial charge is 0.214 e. The van der Waals surface area contributed by atoms with E-state index >= 15 is 0 Å². The van der Waals surface area contributed by atoms with Gasteiger partial charge in [0.05, 0.1) is 11.3 Å². The van der Waals surface area contributed by atoms with Crippen molar-refractivity contribution in [3.63, 3.8) is 0 Å². The van der Waals surface area contributed by atoms with E-state index in [0.29, 0.717) is 19.4 Å². The van der Waals surface area contributed by atoms with Gasteiger partial charge in [-0.05, 0) is 19.3 Å². The molecular weight excluding hydrogens is 200 g/mol. The van der Waals surface area contributed by atoms with E-state index in [4.69, 9.17) is 5.26 Å². The average Bonchev–Trinajstić information content (AvgIpc) is 2.65. The summed E-state index contributed by atoms with van der Waals surface area (Å²) in [6, 6.07) is 1.99. The van der Waals surface area contributed by atoms with Crippen molar-refractivity contribution in [2.24, 2.45) is 0 Å².